The average Bonchev–Trinajstić information content (AvgIpc) is 3.32. The summed E-state index contributed by atoms with van der Waals surface area (Å²) < 4.78 is 15.7. The van der Waals surface area contributed by atoms with Gasteiger partial charge in [-0.2, -0.15) is 0 Å². The molecule has 2 aromatic carbocycles. The number of hydrogen-bond acceptors (Lipinski definition) is 7. The van der Waals surface area contributed by atoms with Crippen LogP contribution in [0.5, 0.6) is 11.5 Å². The third-order valence-electron chi connectivity index (χ3n) is 4.46. The number of carbonyl (C=O) groups is 2. The van der Waals surface area contributed by atoms with Crippen molar-refractivity contribution in [3.63, 3.8) is 0 Å². The average molecular weight is 492 g/mol. The van der Waals surface area contributed by atoms with E-state index in [0.29, 0.717) is 22.1 Å². The maximum Gasteiger partial charge on any atom is 0.344 e. The normalized spacial score (nSPS) is 17.3. The van der Waals surface area contributed by atoms with Crippen LogP contribution in [0, 0.1) is 0 Å². The molecular weight excluding hydrogens is 477 g/mol. The molecule has 0 radical (unpaired) electrons. The minimum Gasteiger partial charge on any atom is -0.506 e. The Labute approximate surface area is 197 Å². The molecule has 0 atom stereocenters. The molecule has 164 valence electrons. The number of carbonyl (C=O) groups excluding carboxylic acids is 2. The van der Waals surface area contributed by atoms with Crippen molar-refractivity contribution in [2.45, 2.75) is 6.92 Å². The third kappa shape index (κ3) is 4.34. The van der Waals surface area contributed by atoms with Crippen LogP contribution in [0.1, 0.15) is 22.8 Å². The van der Waals surface area contributed by atoms with Gasteiger partial charge < -0.3 is 19.3 Å². The van der Waals surface area contributed by atoms with Crippen LogP contribution in [0.2, 0.25) is 10.0 Å². The van der Waals surface area contributed by atoms with Gasteiger partial charge in [-0.25, -0.2) is 9.79 Å². The Morgan fingerprint density at radius 1 is 1.19 bits per heavy atom. The van der Waals surface area contributed by atoms with Crippen LogP contribution in [0.15, 0.2) is 57.6 Å². The van der Waals surface area contributed by atoms with Crippen LogP contribution in [-0.4, -0.2) is 35.4 Å². The lowest BCUT2D eigenvalue weighted by molar-refractivity contribution is -0.138. The van der Waals surface area contributed by atoms with Crippen molar-refractivity contribution < 1.29 is 28.9 Å². The highest BCUT2D eigenvalue weighted by molar-refractivity contribution is 8.18. The van der Waals surface area contributed by atoms with Crippen LogP contribution in [0.25, 0.3) is 6.08 Å². The van der Waals surface area contributed by atoms with Gasteiger partial charge in [-0.3, -0.25) is 4.79 Å². The first kappa shape index (κ1) is 22.3. The zero-order valence-electron chi connectivity index (χ0n) is 16.6. The highest BCUT2D eigenvalue weighted by Gasteiger charge is 2.34. The Balaban J connectivity index is 1.75. The molecule has 0 aromatic heterocycles. The number of aliphatic hydroxyl groups excluding tert-OH is 1. The van der Waals surface area contributed by atoms with E-state index < -0.39 is 11.9 Å². The fraction of sp³-hybridized carbons (Fsp3) is 0.136. The van der Waals surface area contributed by atoms with Crippen molar-refractivity contribution in [3.8, 4) is 11.5 Å². The Morgan fingerprint density at radius 3 is 2.62 bits per heavy atom. The number of aliphatic imine (C=N–C) groups is 1. The summed E-state index contributed by atoms with van der Waals surface area (Å²) in [7, 11) is 0. The van der Waals surface area contributed by atoms with Gasteiger partial charge in [-0.1, -0.05) is 47.1 Å². The van der Waals surface area contributed by atoms with Gasteiger partial charge in [0.2, 0.25) is 6.79 Å². The molecule has 2 aliphatic heterocycles. The van der Waals surface area contributed by atoms with Gasteiger partial charge in [0.1, 0.15) is 16.4 Å². The van der Waals surface area contributed by atoms with E-state index in [9.17, 15) is 14.7 Å². The minimum absolute atomic E-state index is 0.00557. The van der Waals surface area contributed by atoms with Crippen molar-refractivity contribution >= 4 is 58.0 Å². The second kappa shape index (κ2) is 9.28. The number of esters is 1. The standard InChI is InChI=1S/C22H15Cl2NO6S/c1-2-29-22(28)18-19(26)17(8-11-7-15-16(9-14(11)24)31-10-30-15)32-21(18)25-20(27)12-5-3-4-6-13(12)23/h3-9,26H,2,10H2,1H3/b17-8-,25-21?. The van der Waals surface area contributed by atoms with Gasteiger partial charge in [0.15, 0.2) is 11.5 Å². The van der Waals surface area contributed by atoms with Crippen molar-refractivity contribution in [1.29, 1.82) is 0 Å². The molecule has 7 nitrogen and oxygen atoms in total. The highest BCUT2D eigenvalue weighted by atomic mass is 35.5. The first-order valence-corrected chi connectivity index (χ1v) is 10.9. The van der Waals surface area contributed by atoms with E-state index in [1.807, 2.05) is 0 Å². The summed E-state index contributed by atoms with van der Waals surface area (Å²) in [6.45, 7) is 1.80. The number of thioether (sulfide) groups is 1. The first-order chi connectivity index (χ1) is 15.4. The molecule has 0 saturated carbocycles. The molecule has 1 amide bonds. The summed E-state index contributed by atoms with van der Waals surface area (Å²) in [6.07, 6.45) is 1.56. The van der Waals surface area contributed by atoms with Crippen LogP contribution in [-0.2, 0) is 9.53 Å². The van der Waals surface area contributed by atoms with Gasteiger partial charge in [-0.05, 0) is 36.8 Å². The van der Waals surface area contributed by atoms with E-state index in [2.05, 4.69) is 4.99 Å². The molecule has 0 saturated heterocycles. The molecule has 2 aromatic rings. The number of nitrogens with zero attached hydrogens (tertiary/aromatic N) is 1. The molecule has 10 heteroatoms. The summed E-state index contributed by atoms with van der Waals surface area (Å²) in [4.78, 5) is 29.5. The van der Waals surface area contributed by atoms with Crippen LogP contribution in [0.4, 0.5) is 0 Å². The fourth-order valence-corrected chi connectivity index (χ4v) is 4.39. The molecule has 4 rings (SSSR count). The zero-order chi connectivity index (χ0) is 22.8. The smallest absolute Gasteiger partial charge is 0.344 e. The number of benzene rings is 2. The number of amides is 1. The van der Waals surface area contributed by atoms with Gasteiger partial charge in [0.05, 0.1) is 27.1 Å². The number of fused-ring (bicyclic) bond motifs is 1. The third-order valence-corrected chi connectivity index (χ3v) is 6.13. The fourth-order valence-electron chi connectivity index (χ4n) is 2.96. The first-order valence-electron chi connectivity index (χ1n) is 9.36. The van der Waals surface area contributed by atoms with E-state index in [1.165, 1.54) is 6.07 Å². The molecule has 1 N–H and O–H groups in total. The quantitative estimate of drug-likeness (QED) is 0.570. The maximum absolute atomic E-state index is 12.7. The van der Waals surface area contributed by atoms with Crippen LogP contribution < -0.4 is 9.47 Å². The van der Waals surface area contributed by atoms with Gasteiger partial charge in [0.25, 0.3) is 5.91 Å². The summed E-state index contributed by atoms with van der Waals surface area (Å²) in [5.74, 6) is -0.816. The number of ether oxygens (including phenoxy) is 3. The van der Waals surface area contributed by atoms with Gasteiger partial charge in [0, 0.05) is 6.07 Å². The Morgan fingerprint density at radius 2 is 1.91 bits per heavy atom. The molecule has 0 aliphatic carbocycles. The molecule has 32 heavy (non-hydrogen) atoms. The lowest BCUT2D eigenvalue weighted by Crippen LogP contribution is -2.14. The summed E-state index contributed by atoms with van der Waals surface area (Å²) in [5, 5.41) is 11.3. The Kier molecular flexibility index (Phi) is 6.45. The predicted molar refractivity (Wildman–Crippen MR) is 123 cm³/mol. The second-order valence-electron chi connectivity index (χ2n) is 6.48. The number of halogens is 2. The van der Waals surface area contributed by atoms with Crippen molar-refractivity contribution in [2.75, 3.05) is 13.4 Å². The SMILES string of the molecule is CCOC(=O)C1=C(O)/C(=C/c2cc3c(cc2Cl)OCO3)SC1=NC(=O)c1ccccc1Cl. The van der Waals surface area contributed by atoms with E-state index >= 15 is 0 Å². The number of rotatable bonds is 4. The van der Waals surface area contributed by atoms with E-state index in [-0.39, 0.29) is 45.3 Å². The van der Waals surface area contributed by atoms with E-state index in [4.69, 9.17) is 37.4 Å². The summed E-state index contributed by atoms with van der Waals surface area (Å²) in [6, 6.07) is 9.66. The molecule has 0 bridgehead atoms. The van der Waals surface area contributed by atoms with Crippen molar-refractivity contribution in [3.05, 3.63) is 73.8 Å². The Hall–Kier alpha value is -2.94. The summed E-state index contributed by atoms with van der Waals surface area (Å²) in [5.41, 5.74) is 0.480. The largest absolute Gasteiger partial charge is 0.506 e. The predicted octanol–water partition coefficient (Wildman–Crippen LogP) is 5.42. The van der Waals surface area contributed by atoms with Crippen LogP contribution >= 0.6 is 35.0 Å². The van der Waals surface area contributed by atoms with Gasteiger partial charge >= 0.3 is 5.97 Å². The Bertz CT molecular complexity index is 1220. The molecule has 0 spiro atoms. The maximum atomic E-state index is 12.7. The minimum atomic E-state index is -0.802. The molecule has 0 fully saturated rings. The van der Waals surface area contributed by atoms with Crippen LogP contribution in [0.3, 0.4) is 0 Å². The lowest BCUT2D eigenvalue weighted by atomic mass is 10.1. The number of aliphatic hydroxyl groups is 1. The lowest BCUT2D eigenvalue weighted by Gasteiger charge is -2.04. The summed E-state index contributed by atoms with van der Waals surface area (Å²) >= 11 is 13.3. The zero-order valence-corrected chi connectivity index (χ0v) is 18.9. The van der Waals surface area contributed by atoms with Gasteiger partial charge in [-0.15, -0.1) is 0 Å². The van der Waals surface area contributed by atoms with E-state index in [0.717, 1.165) is 11.8 Å². The molecular formula is C22H15Cl2NO6S. The molecule has 2 aliphatic rings. The molecule has 2 heterocycles. The second-order valence-corrected chi connectivity index (χ2v) is 8.33. The topological polar surface area (TPSA) is 94.4 Å². The van der Waals surface area contributed by atoms with E-state index in [1.54, 1.807) is 43.3 Å². The monoisotopic (exact) mass is 491 g/mol. The molecule has 0 unspecified atom stereocenters. The van der Waals surface area contributed by atoms with Crippen molar-refractivity contribution in [1.82, 2.24) is 0 Å². The highest BCUT2D eigenvalue weighted by Crippen LogP contribution is 2.42. The van der Waals surface area contributed by atoms with Crippen molar-refractivity contribution in [2.24, 2.45) is 4.99 Å². The number of hydrogen-bond donors (Lipinski definition) is 1.